The molecule has 1 amide bonds. The average Bonchev–Trinajstić information content (AvgIpc) is 3.55. The Morgan fingerprint density at radius 1 is 0.836 bits per heavy atom. The number of unbranched alkanes of at least 4 members (excludes halogenated alkanes) is 1. The minimum absolute atomic E-state index is 0.00794. The van der Waals surface area contributed by atoms with E-state index < -0.39 is 4.75 Å². The molecule has 0 aromatic heterocycles. The number of likely N-dealkylation sites (tertiary alicyclic amines) is 1. The van der Waals surface area contributed by atoms with Crippen LogP contribution in [0.2, 0.25) is 0 Å². The molecule has 2 fully saturated rings. The molecule has 1 saturated carbocycles. The Morgan fingerprint density at radius 2 is 1.49 bits per heavy atom. The Morgan fingerprint density at radius 3 is 2.11 bits per heavy atom. The lowest BCUT2D eigenvalue weighted by Crippen LogP contribution is -2.66. The molecule has 4 aromatic rings. The Bertz CT molecular complexity index is 1910. The number of carbonyl (C=O) groups is 3. The van der Waals surface area contributed by atoms with Crippen molar-refractivity contribution in [3.63, 3.8) is 0 Å². The van der Waals surface area contributed by atoms with Crippen LogP contribution in [-0.2, 0) is 37.4 Å². The van der Waals surface area contributed by atoms with Gasteiger partial charge in [0.1, 0.15) is 23.4 Å². The summed E-state index contributed by atoms with van der Waals surface area (Å²) >= 11 is 1.83. The zero-order valence-corrected chi connectivity index (χ0v) is 33.1. The number of nitrogens with one attached hydrogen (secondary N) is 1. The fourth-order valence-corrected chi connectivity index (χ4v) is 12.4. The van der Waals surface area contributed by atoms with Gasteiger partial charge in [-0.25, -0.2) is 0 Å². The summed E-state index contributed by atoms with van der Waals surface area (Å²) in [6.45, 7) is 6.08. The molecule has 286 valence electrons. The highest BCUT2D eigenvalue weighted by atomic mass is 32.2. The number of benzene rings is 4. The van der Waals surface area contributed by atoms with Gasteiger partial charge >= 0.3 is 0 Å². The highest BCUT2D eigenvalue weighted by Crippen LogP contribution is 2.64. The molecule has 6 nitrogen and oxygen atoms in total. The monoisotopic (exact) mass is 754 g/mol. The third kappa shape index (κ3) is 7.08. The molecule has 2 aliphatic heterocycles. The third-order valence-corrected chi connectivity index (χ3v) is 14.6. The van der Waals surface area contributed by atoms with Crippen LogP contribution in [-0.4, -0.2) is 59.9 Å². The Labute approximate surface area is 330 Å². The molecule has 2 bridgehead atoms. The number of thioether (sulfide) groups is 1. The molecule has 0 radical (unpaired) electrons. The van der Waals surface area contributed by atoms with Gasteiger partial charge in [0.2, 0.25) is 5.91 Å². The van der Waals surface area contributed by atoms with Crippen LogP contribution in [0, 0.1) is 11.8 Å². The fourth-order valence-electron chi connectivity index (χ4n) is 10.9. The zero-order chi connectivity index (χ0) is 38.0. The Balaban J connectivity index is 0.888. The predicted octanol–water partition coefficient (Wildman–Crippen LogP) is 8.46. The molecule has 5 atom stereocenters. The molecule has 7 heteroatoms. The minimum atomic E-state index is -0.424. The SMILES string of the molecule is CC(=O)Cc1ccc2c3c1O[C@H]1[C@@H](CC(C)=O)CC[C@H]4[C@@H](C2)N(CCCCNC(=O)CCSC(c2ccccc2)(c2ccccc2)c2ccccc2)CC[C@@]341. The van der Waals surface area contributed by atoms with Crippen molar-refractivity contribution < 1.29 is 19.1 Å². The number of hydrogen-bond donors (Lipinski definition) is 1. The van der Waals surface area contributed by atoms with Crippen LogP contribution in [0.4, 0.5) is 0 Å². The maximum atomic E-state index is 13.2. The molecule has 1 spiro atoms. The van der Waals surface area contributed by atoms with E-state index in [0.29, 0.717) is 43.5 Å². The Kier molecular flexibility index (Phi) is 11.0. The minimum Gasteiger partial charge on any atom is -0.489 e. The smallest absolute Gasteiger partial charge is 0.220 e. The zero-order valence-electron chi connectivity index (χ0n) is 32.3. The first kappa shape index (κ1) is 37.7. The van der Waals surface area contributed by atoms with Gasteiger partial charge in [0, 0.05) is 60.1 Å². The van der Waals surface area contributed by atoms with E-state index in [-0.39, 0.29) is 34.9 Å². The lowest BCUT2D eigenvalue weighted by Gasteiger charge is -2.59. The molecule has 55 heavy (non-hydrogen) atoms. The number of rotatable bonds is 16. The van der Waals surface area contributed by atoms with Crippen molar-refractivity contribution in [1.29, 1.82) is 0 Å². The van der Waals surface area contributed by atoms with Gasteiger partial charge in [-0.2, -0.15) is 0 Å². The maximum absolute atomic E-state index is 13.2. The molecule has 1 saturated heterocycles. The summed E-state index contributed by atoms with van der Waals surface area (Å²) in [5, 5.41) is 3.24. The summed E-state index contributed by atoms with van der Waals surface area (Å²) in [6.07, 6.45) is 7.58. The molecule has 0 unspecified atom stereocenters. The fraction of sp³-hybridized carbons (Fsp3) is 0.438. The van der Waals surface area contributed by atoms with Crippen LogP contribution >= 0.6 is 11.8 Å². The highest BCUT2D eigenvalue weighted by molar-refractivity contribution is 8.00. The standard InChI is InChI=1S/C48H54N2O4S/c1-33(51)30-36-21-20-35-32-42-41-23-22-37(31-34(2)52)46-47(41,44(35)45(36)54-46)25-28-50(42)27-13-12-26-49-43(53)24-29-55-48(38-14-6-3-7-15-38,39-16-8-4-9-17-39)40-18-10-5-11-19-40/h3-11,14-21,37,41-42,46H,12-13,22-32H2,1-2H3,(H,49,53)/t37-,41+,42-,46+,47+/m1/s1. The summed E-state index contributed by atoms with van der Waals surface area (Å²) in [5.41, 5.74) is 7.32. The maximum Gasteiger partial charge on any atom is 0.220 e. The Hall–Kier alpha value is -4.20. The number of ketones is 2. The first-order valence-electron chi connectivity index (χ1n) is 20.4. The molecular formula is C48H54N2O4S. The van der Waals surface area contributed by atoms with E-state index >= 15 is 0 Å². The number of amides is 1. The van der Waals surface area contributed by atoms with Gasteiger partial charge in [0.25, 0.3) is 0 Å². The second kappa shape index (κ2) is 16.1. The number of carbonyl (C=O) groups excluding carboxylic acids is 3. The van der Waals surface area contributed by atoms with Crippen LogP contribution in [0.1, 0.15) is 92.2 Å². The summed E-state index contributed by atoms with van der Waals surface area (Å²) < 4.78 is 6.52. The van der Waals surface area contributed by atoms with Gasteiger partial charge < -0.3 is 14.8 Å². The summed E-state index contributed by atoms with van der Waals surface area (Å²) in [6, 6.07) is 36.8. The van der Waals surface area contributed by atoms with Gasteiger partial charge in [-0.15, -0.1) is 11.8 Å². The van der Waals surface area contributed by atoms with Crippen molar-refractivity contribution in [2.45, 2.75) is 93.9 Å². The summed E-state index contributed by atoms with van der Waals surface area (Å²) in [5.74, 6) is 2.86. The second-order valence-corrected chi connectivity index (χ2v) is 17.7. The van der Waals surface area contributed by atoms with Gasteiger partial charge in [-0.3, -0.25) is 14.5 Å². The van der Waals surface area contributed by atoms with Crippen molar-refractivity contribution >= 4 is 29.2 Å². The van der Waals surface area contributed by atoms with Crippen LogP contribution < -0.4 is 10.1 Å². The van der Waals surface area contributed by atoms with E-state index in [2.05, 4.69) is 113 Å². The largest absolute Gasteiger partial charge is 0.489 e. The normalized spacial score (nSPS) is 23.7. The van der Waals surface area contributed by atoms with Crippen molar-refractivity contribution in [3.8, 4) is 5.75 Å². The van der Waals surface area contributed by atoms with E-state index in [4.69, 9.17) is 4.74 Å². The summed E-state index contributed by atoms with van der Waals surface area (Å²) in [7, 11) is 0. The number of hydrogen-bond acceptors (Lipinski definition) is 6. The van der Waals surface area contributed by atoms with Crippen molar-refractivity contribution in [2.75, 3.05) is 25.4 Å². The predicted molar refractivity (Wildman–Crippen MR) is 221 cm³/mol. The van der Waals surface area contributed by atoms with Crippen molar-refractivity contribution in [1.82, 2.24) is 10.2 Å². The molecular weight excluding hydrogens is 701 g/mol. The third-order valence-electron chi connectivity index (χ3n) is 13.0. The lowest BCUT2D eigenvalue weighted by molar-refractivity contribution is -0.122. The average molecular weight is 755 g/mol. The van der Waals surface area contributed by atoms with Gasteiger partial charge in [-0.05, 0) is 93.6 Å². The number of Topliss-reactive ketones (excluding diaryl/α,β-unsaturated/α-hetero) is 2. The van der Waals surface area contributed by atoms with E-state index in [1.54, 1.807) is 13.8 Å². The van der Waals surface area contributed by atoms with Gasteiger partial charge in [0.05, 0.1) is 4.75 Å². The first-order chi connectivity index (χ1) is 26.8. The molecule has 2 aliphatic carbocycles. The highest BCUT2D eigenvalue weighted by Gasteiger charge is 2.65. The molecule has 1 N–H and O–H groups in total. The van der Waals surface area contributed by atoms with Crippen LogP contribution in [0.5, 0.6) is 5.75 Å². The summed E-state index contributed by atoms with van der Waals surface area (Å²) in [4.78, 5) is 40.6. The lowest BCUT2D eigenvalue weighted by atomic mass is 9.49. The topological polar surface area (TPSA) is 75.7 Å². The molecule has 4 aliphatic rings. The molecule has 8 rings (SSSR count). The van der Waals surface area contributed by atoms with Gasteiger partial charge in [0.15, 0.2) is 0 Å². The number of nitrogens with zero attached hydrogens (tertiary/aromatic N) is 1. The van der Waals surface area contributed by atoms with Crippen LogP contribution in [0.25, 0.3) is 0 Å². The quantitative estimate of drug-likeness (QED) is 0.0915. The number of ether oxygens (including phenoxy) is 1. The molecule has 4 aromatic carbocycles. The first-order valence-corrected chi connectivity index (χ1v) is 21.4. The second-order valence-electron chi connectivity index (χ2n) is 16.4. The van der Waals surface area contributed by atoms with Crippen LogP contribution in [0.3, 0.4) is 0 Å². The van der Waals surface area contributed by atoms with Crippen molar-refractivity contribution in [2.24, 2.45) is 11.8 Å². The van der Waals surface area contributed by atoms with Gasteiger partial charge in [-0.1, -0.05) is 103 Å². The van der Waals surface area contributed by atoms with E-state index in [9.17, 15) is 14.4 Å². The van der Waals surface area contributed by atoms with E-state index in [1.807, 2.05) is 11.8 Å². The van der Waals surface area contributed by atoms with Crippen LogP contribution in [0.15, 0.2) is 103 Å². The van der Waals surface area contributed by atoms with Crippen molar-refractivity contribution in [3.05, 3.63) is 137 Å². The molecule has 2 heterocycles. The number of piperidine rings is 1. The van der Waals surface area contributed by atoms with E-state index in [1.165, 1.54) is 27.8 Å². The van der Waals surface area contributed by atoms with E-state index in [0.717, 1.165) is 62.9 Å².